The van der Waals surface area contributed by atoms with Crippen LogP contribution < -0.4 is 5.73 Å². The summed E-state index contributed by atoms with van der Waals surface area (Å²) in [6.07, 6.45) is 1.93. The van der Waals surface area contributed by atoms with Crippen LogP contribution in [0.25, 0.3) is 0 Å². The Kier molecular flexibility index (Phi) is 4.27. The molecule has 0 spiro atoms. The number of likely N-dealkylation sites (tertiary alicyclic amines) is 1. The minimum atomic E-state index is -0.307. The van der Waals surface area contributed by atoms with E-state index in [0.29, 0.717) is 18.7 Å². The van der Waals surface area contributed by atoms with Crippen molar-refractivity contribution in [2.24, 2.45) is 0 Å². The van der Waals surface area contributed by atoms with Gasteiger partial charge >= 0.3 is 0 Å². The van der Waals surface area contributed by atoms with E-state index in [1.54, 1.807) is 36.0 Å². The monoisotopic (exact) mass is 275 g/mol. The van der Waals surface area contributed by atoms with E-state index in [4.69, 9.17) is 5.73 Å². The fourth-order valence-corrected chi connectivity index (χ4v) is 2.60. The third kappa shape index (κ3) is 3.10. The first-order chi connectivity index (χ1) is 9.49. The Labute approximate surface area is 119 Å². The fourth-order valence-electron chi connectivity index (χ4n) is 2.60. The van der Waals surface area contributed by atoms with E-state index in [0.717, 1.165) is 18.4 Å². The molecular weight excluding hydrogens is 254 g/mol. The maximum atomic E-state index is 12.4. The molecule has 1 heterocycles. The number of amides is 2. The zero-order valence-corrected chi connectivity index (χ0v) is 12.0. The summed E-state index contributed by atoms with van der Waals surface area (Å²) in [6.45, 7) is 0.658. The van der Waals surface area contributed by atoms with E-state index in [1.165, 1.54) is 0 Å². The summed E-state index contributed by atoms with van der Waals surface area (Å²) in [7, 11) is 3.45. The van der Waals surface area contributed by atoms with Crippen molar-refractivity contribution < 1.29 is 9.59 Å². The van der Waals surface area contributed by atoms with Crippen LogP contribution in [0, 0.1) is 0 Å². The Balaban J connectivity index is 2.06. The molecule has 0 aliphatic carbocycles. The molecule has 0 radical (unpaired) electrons. The van der Waals surface area contributed by atoms with Crippen molar-refractivity contribution in [3.63, 3.8) is 0 Å². The predicted molar refractivity (Wildman–Crippen MR) is 78.0 cm³/mol. The van der Waals surface area contributed by atoms with E-state index in [9.17, 15) is 9.59 Å². The van der Waals surface area contributed by atoms with Crippen molar-refractivity contribution in [3.8, 4) is 0 Å². The minimum absolute atomic E-state index is 0.00317. The first kappa shape index (κ1) is 14.4. The summed E-state index contributed by atoms with van der Waals surface area (Å²) in [6, 6.07) is 7.01. The van der Waals surface area contributed by atoms with Gasteiger partial charge in [-0.15, -0.1) is 0 Å². The summed E-state index contributed by atoms with van der Waals surface area (Å²) < 4.78 is 0. The molecule has 1 unspecified atom stereocenters. The van der Waals surface area contributed by atoms with Gasteiger partial charge in [-0.1, -0.05) is 12.1 Å². The summed E-state index contributed by atoms with van der Waals surface area (Å²) in [5.74, 6) is -0.00303. The third-order valence-electron chi connectivity index (χ3n) is 3.61. The topological polar surface area (TPSA) is 66.6 Å². The normalized spacial score (nSPS) is 18.1. The molecule has 0 aromatic heterocycles. The Morgan fingerprint density at radius 3 is 2.80 bits per heavy atom. The van der Waals surface area contributed by atoms with Gasteiger partial charge in [0.05, 0.1) is 6.42 Å². The molecule has 1 fully saturated rings. The molecule has 2 amide bonds. The van der Waals surface area contributed by atoms with E-state index < -0.39 is 0 Å². The Morgan fingerprint density at radius 2 is 2.15 bits per heavy atom. The average molecular weight is 275 g/mol. The SMILES string of the molecule is CN(C)C(=O)C1CCCN1C(=O)Cc1cccc(N)c1. The highest BCUT2D eigenvalue weighted by Gasteiger charge is 2.34. The Bertz CT molecular complexity index is 514. The molecule has 108 valence electrons. The van der Waals surface area contributed by atoms with Gasteiger partial charge in [0.25, 0.3) is 0 Å². The van der Waals surface area contributed by atoms with Gasteiger partial charge in [0.15, 0.2) is 0 Å². The maximum Gasteiger partial charge on any atom is 0.244 e. The first-order valence-corrected chi connectivity index (χ1v) is 6.84. The summed E-state index contributed by atoms with van der Waals surface area (Å²) in [5.41, 5.74) is 7.25. The second kappa shape index (κ2) is 5.94. The maximum absolute atomic E-state index is 12.4. The summed E-state index contributed by atoms with van der Waals surface area (Å²) in [4.78, 5) is 27.7. The van der Waals surface area contributed by atoms with Gasteiger partial charge in [0, 0.05) is 26.3 Å². The van der Waals surface area contributed by atoms with Gasteiger partial charge in [-0.2, -0.15) is 0 Å². The van der Waals surface area contributed by atoms with Crippen molar-refractivity contribution in [1.29, 1.82) is 0 Å². The van der Waals surface area contributed by atoms with Crippen LogP contribution in [-0.4, -0.2) is 48.3 Å². The zero-order valence-electron chi connectivity index (χ0n) is 12.0. The minimum Gasteiger partial charge on any atom is -0.399 e. The number of rotatable bonds is 3. The largest absolute Gasteiger partial charge is 0.399 e. The Morgan fingerprint density at radius 1 is 1.40 bits per heavy atom. The molecule has 5 nitrogen and oxygen atoms in total. The molecule has 20 heavy (non-hydrogen) atoms. The van der Waals surface area contributed by atoms with Crippen LogP contribution in [-0.2, 0) is 16.0 Å². The number of nitrogens with zero attached hydrogens (tertiary/aromatic N) is 2. The molecule has 2 N–H and O–H groups in total. The van der Waals surface area contributed by atoms with Crippen LogP contribution in [0.15, 0.2) is 24.3 Å². The van der Waals surface area contributed by atoms with Crippen LogP contribution in [0.4, 0.5) is 5.69 Å². The molecule has 0 bridgehead atoms. The summed E-state index contributed by atoms with van der Waals surface area (Å²) >= 11 is 0. The van der Waals surface area contributed by atoms with Crippen molar-refractivity contribution >= 4 is 17.5 Å². The molecule has 1 aromatic rings. The number of hydrogen-bond acceptors (Lipinski definition) is 3. The van der Waals surface area contributed by atoms with Gasteiger partial charge < -0.3 is 15.5 Å². The molecule has 1 atom stereocenters. The second-order valence-corrected chi connectivity index (χ2v) is 5.40. The van der Waals surface area contributed by atoms with Crippen LogP contribution in [0.5, 0.6) is 0 Å². The van der Waals surface area contributed by atoms with E-state index in [1.807, 2.05) is 12.1 Å². The van der Waals surface area contributed by atoms with Crippen LogP contribution in [0.1, 0.15) is 18.4 Å². The van der Waals surface area contributed by atoms with Crippen LogP contribution >= 0.6 is 0 Å². The van der Waals surface area contributed by atoms with Crippen molar-refractivity contribution in [3.05, 3.63) is 29.8 Å². The molecule has 2 rings (SSSR count). The lowest BCUT2D eigenvalue weighted by atomic mass is 10.1. The number of carbonyl (C=O) groups excluding carboxylic acids is 2. The predicted octanol–water partition coefficient (Wildman–Crippen LogP) is 0.890. The van der Waals surface area contributed by atoms with Gasteiger partial charge in [0.2, 0.25) is 11.8 Å². The number of nitrogen functional groups attached to an aromatic ring is 1. The first-order valence-electron chi connectivity index (χ1n) is 6.84. The zero-order chi connectivity index (χ0) is 14.7. The molecular formula is C15H21N3O2. The highest BCUT2D eigenvalue weighted by Crippen LogP contribution is 2.20. The number of benzene rings is 1. The van der Waals surface area contributed by atoms with Gasteiger partial charge in [-0.05, 0) is 30.5 Å². The molecule has 1 aromatic carbocycles. The van der Waals surface area contributed by atoms with Gasteiger partial charge in [-0.25, -0.2) is 0 Å². The molecule has 0 saturated carbocycles. The third-order valence-corrected chi connectivity index (χ3v) is 3.61. The lowest BCUT2D eigenvalue weighted by molar-refractivity contribution is -0.141. The van der Waals surface area contributed by atoms with Crippen LogP contribution in [0.2, 0.25) is 0 Å². The fraction of sp³-hybridized carbons (Fsp3) is 0.467. The standard InChI is InChI=1S/C15H21N3O2/c1-17(2)15(20)13-7-4-8-18(13)14(19)10-11-5-3-6-12(16)9-11/h3,5-6,9,13H,4,7-8,10,16H2,1-2H3. The van der Waals surface area contributed by atoms with E-state index >= 15 is 0 Å². The lowest BCUT2D eigenvalue weighted by Crippen LogP contribution is -2.45. The molecule has 1 saturated heterocycles. The molecule has 1 aliphatic heterocycles. The van der Waals surface area contributed by atoms with Gasteiger partial charge in [-0.3, -0.25) is 9.59 Å². The second-order valence-electron chi connectivity index (χ2n) is 5.40. The van der Waals surface area contributed by atoms with Crippen LogP contribution in [0.3, 0.4) is 0 Å². The quantitative estimate of drug-likeness (QED) is 0.833. The average Bonchev–Trinajstić information content (AvgIpc) is 2.86. The van der Waals surface area contributed by atoms with Gasteiger partial charge in [0.1, 0.15) is 6.04 Å². The summed E-state index contributed by atoms with van der Waals surface area (Å²) in [5, 5.41) is 0. The lowest BCUT2D eigenvalue weighted by Gasteiger charge is -2.26. The van der Waals surface area contributed by atoms with E-state index in [2.05, 4.69) is 0 Å². The number of nitrogens with two attached hydrogens (primary N) is 1. The smallest absolute Gasteiger partial charge is 0.244 e. The number of carbonyl (C=O) groups is 2. The number of anilines is 1. The Hall–Kier alpha value is -2.04. The molecule has 5 heteroatoms. The van der Waals surface area contributed by atoms with Crippen molar-refractivity contribution in [2.75, 3.05) is 26.4 Å². The highest BCUT2D eigenvalue weighted by molar-refractivity contribution is 5.88. The van der Waals surface area contributed by atoms with Crippen molar-refractivity contribution in [1.82, 2.24) is 9.80 Å². The van der Waals surface area contributed by atoms with E-state index in [-0.39, 0.29) is 17.9 Å². The van der Waals surface area contributed by atoms with Crippen molar-refractivity contribution in [2.45, 2.75) is 25.3 Å². The number of likely N-dealkylation sites (N-methyl/N-ethyl adjacent to an activating group) is 1. The highest BCUT2D eigenvalue weighted by atomic mass is 16.2. The molecule has 1 aliphatic rings. The number of hydrogen-bond donors (Lipinski definition) is 1.